The van der Waals surface area contributed by atoms with Crippen molar-refractivity contribution in [1.29, 1.82) is 0 Å². The number of esters is 3. The van der Waals surface area contributed by atoms with Crippen LogP contribution in [0.25, 0.3) is 0 Å². The minimum atomic E-state index is -0.801. The highest BCUT2D eigenvalue weighted by Crippen LogP contribution is 2.14. The molecule has 0 aromatic rings. The van der Waals surface area contributed by atoms with E-state index in [1.54, 1.807) is 0 Å². The van der Waals surface area contributed by atoms with Crippen molar-refractivity contribution in [3.63, 3.8) is 0 Å². The summed E-state index contributed by atoms with van der Waals surface area (Å²) >= 11 is 0. The Labute approximate surface area is 437 Å². The molecule has 6 heteroatoms. The average molecular weight is 984 g/mol. The Kier molecular flexibility index (Phi) is 54.9. The van der Waals surface area contributed by atoms with Gasteiger partial charge in [0.25, 0.3) is 0 Å². The molecule has 0 amide bonds. The Morgan fingerprint density at radius 2 is 0.563 bits per heavy atom. The molecule has 0 heterocycles. The van der Waals surface area contributed by atoms with Crippen LogP contribution in [-0.4, -0.2) is 37.2 Å². The van der Waals surface area contributed by atoms with Gasteiger partial charge < -0.3 is 14.2 Å². The predicted octanol–water partition coefficient (Wildman–Crippen LogP) is 19.6. The van der Waals surface area contributed by atoms with Crippen LogP contribution in [0.2, 0.25) is 0 Å². The summed E-state index contributed by atoms with van der Waals surface area (Å²) in [5.41, 5.74) is 0. The number of rotatable bonds is 51. The largest absolute Gasteiger partial charge is 0.462 e. The standard InChI is InChI=1S/C65H106O6/c1-4-7-10-13-15-17-19-21-23-25-27-28-29-30-31-32-33-34-35-36-38-39-41-43-45-47-49-52-55-58-64(67)70-61-62(60-69-63(66)57-54-51-12-9-6-3)71-65(68)59-56-53-50-48-46-44-42-40-37-26-24-22-20-18-16-14-11-8-5-2/h7,10,15,17,21-24,27-28,30-31,33-34,36,38,41,43,47,49,62H,4-6,8-9,11-14,16,18-20,25-26,29,32,35,37,39-40,42,44-46,48,50-61H2,1-3H3/b10-7-,17-15-,23-21-,24-22-,28-27-,31-30-,34-33-,38-36-,43-41-,49-47-. The van der Waals surface area contributed by atoms with Gasteiger partial charge >= 0.3 is 17.9 Å². The van der Waals surface area contributed by atoms with Gasteiger partial charge in [-0.3, -0.25) is 14.4 Å². The van der Waals surface area contributed by atoms with Gasteiger partial charge in [0, 0.05) is 19.3 Å². The quantitative estimate of drug-likeness (QED) is 0.0261. The number of allylic oxidation sites excluding steroid dienone is 20. The number of hydrogen-bond donors (Lipinski definition) is 0. The summed E-state index contributed by atoms with van der Waals surface area (Å²) in [6.07, 6.45) is 81.0. The molecule has 0 aliphatic carbocycles. The van der Waals surface area contributed by atoms with Crippen LogP contribution in [0, 0.1) is 0 Å². The van der Waals surface area contributed by atoms with Gasteiger partial charge in [-0.25, -0.2) is 0 Å². The Balaban J connectivity index is 4.23. The fraction of sp³-hybridized carbons (Fsp3) is 0.646. The summed E-state index contributed by atoms with van der Waals surface area (Å²) in [4.78, 5) is 37.8. The number of carbonyl (C=O) groups excluding carboxylic acids is 3. The van der Waals surface area contributed by atoms with E-state index >= 15 is 0 Å². The van der Waals surface area contributed by atoms with Gasteiger partial charge in [0.1, 0.15) is 13.2 Å². The van der Waals surface area contributed by atoms with E-state index in [0.29, 0.717) is 19.3 Å². The van der Waals surface area contributed by atoms with Gasteiger partial charge in [0.05, 0.1) is 0 Å². The first-order valence-electron chi connectivity index (χ1n) is 29.0. The van der Waals surface area contributed by atoms with Crippen LogP contribution < -0.4 is 0 Å². The predicted molar refractivity (Wildman–Crippen MR) is 306 cm³/mol. The second kappa shape index (κ2) is 58.4. The molecule has 0 spiro atoms. The first-order valence-corrected chi connectivity index (χ1v) is 29.0. The molecule has 402 valence electrons. The van der Waals surface area contributed by atoms with Crippen LogP contribution in [0.15, 0.2) is 122 Å². The van der Waals surface area contributed by atoms with Gasteiger partial charge in [-0.2, -0.15) is 0 Å². The lowest BCUT2D eigenvalue weighted by Crippen LogP contribution is -2.30. The summed E-state index contributed by atoms with van der Waals surface area (Å²) in [6.45, 7) is 6.38. The summed E-state index contributed by atoms with van der Waals surface area (Å²) < 4.78 is 16.7. The molecule has 0 aromatic carbocycles. The number of unbranched alkanes of at least 4 members (excludes halogenated alkanes) is 20. The summed E-state index contributed by atoms with van der Waals surface area (Å²) in [5, 5.41) is 0. The Hall–Kier alpha value is -4.19. The van der Waals surface area contributed by atoms with Crippen LogP contribution in [-0.2, 0) is 28.6 Å². The molecule has 0 radical (unpaired) electrons. The van der Waals surface area contributed by atoms with Crippen molar-refractivity contribution in [2.24, 2.45) is 0 Å². The molecule has 0 saturated carbocycles. The Morgan fingerprint density at radius 3 is 0.930 bits per heavy atom. The van der Waals surface area contributed by atoms with Crippen LogP contribution in [0.3, 0.4) is 0 Å². The van der Waals surface area contributed by atoms with Crippen molar-refractivity contribution in [3.05, 3.63) is 122 Å². The van der Waals surface area contributed by atoms with Crippen molar-refractivity contribution >= 4 is 17.9 Å². The molecule has 0 fully saturated rings. The third-order valence-corrected chi connectivity index (χ3v) is 12.0. The zero-order chi connectivity index (χ0) is 51.4. The van der Waals surface area contributed by atoms with E-state index in [2.05, 4.69) is 142 Å². The highest BCUT2D eigenvalue weighted by atomic mass is 16.6. The Morgan fingerprint density at radius 1 is 0.296 bits per heavy atom. The molecule has 0 N–H and O–H groups in total. The van der Waals surface area contributed by atoms with E-state index in [4.69, 9.17) is 14.2 Å². The average Bonchev–Trinajstić information content (AvgIpc) is 3.37. The molecule has 1 unspecified atom stereocenters. The van der Waals surface area contributed by atoms with Crippen LogP contribution in [0.4, 0.5) is 0 Å². The molecule has 0 rings (SSSR count). The van der Waals surface area contributed by atoms with Gasteiger partial charge in [-0.15, -0.1) is 0 Å². The van der Waals surface area contributed by atoms with E-state index < -0.39 is 6.10 Å². The van der Waals surface area contributed by atoms with E-state index in [0.717, 1.165) is 116 Å². The molecule has 0 aromatic heterocycles. The summed E-state index contributed by atoms with van der Waals surface area (Å²) in [5.74, 6) is -0.980. The first kappa shape index (κ1) is 66.8. The zero-order valence-electron chi connectivity index (χ0n) is 45.9. The lowest BCUT2D eigenvalue weighted by Gasteiger charge is -2.18. The Bertz CT molecular complexity index is 1500. The van der Waals surface area contributed by atoms with Crippen molar-refractivity contribution in [2.45, 2.75) is 258 Å². The van der Waals surface area contributed by atoms with Crippen LogP contribution in [0.1, 0.15) is 252 Å². The number of carbonyl (C=O) groups is 3. The van der Waals surface area contributed by atoms with Gasteiger partial charge in [0.2, 0.25) is 0 Å². The third-order valence-electron chi connectivity index (χ3n) is 12.0. The molecular weight excluding hydrogens is 877 g/mol. The minimum Gasteiger partial charge on any atom is -0.462 e. The lowest BCUT2D eigenvalue weighted by molar-refractivity contribution is -0.167. The molecule has 71 heavy (non-hydrogen) atoms. The normalized spacial score (nSPS) is 13.0. The maximum absolute atomic E-state index is 12.8. The summed E-state index contributed by atoms with van der Waals surface area (Å²) in [6, 6.07) is 0. The second-order valence-corrected chi connectivity index (χ2v) is 18.8. The third kappa shape index (κ3) is 56.6. The molecule has 1 atom stereocenters. The summed E-state index contributed by atoms with van der Waals surface area (Å²) in [7, 11) is 0. The van der Waals surface area contributed by atoms with E-state index in [-0.39, 0.29) is 37.5 Å². The number of ether oxygens (including phenoxy) is 3. The van der Waals surface area contributed by atoms with Crippen molar-refractivity contribution < 1.29 is 28.6 Å². The molecule has 6 nitrogen and oxygen atoms in total. The molecule has 0 aliphatic rings. The van der Waals surface area contributed by atoms with Crippen molar-refractivity contribution in [3.8, 4) is 0 Å². The van der Waals surface area contributed by atoms with Gasteiger partial charge in [-0.05, 0) is 109 Å². The lowest BCUT2D eigenvalue weighted by atomic mass is 10.1. The topological polar surface area (TPSA) is 78.9 Å². The molecule has 0 aliphatic heterocycles. The van der Waals surface area contributed by atoms with Crippen LogP contribution in [0.5, 0.6) is 0 Å². The van der Waals surface area contributed by atoms with Crippen molar-refractivity contribution in [1.82, 2.24) is 0 Å². The fourth-order valence-electron chi connectivity index (χ4n) is 7.61. The molecular formula is C65H106O6. The highest BCUT2D eigenvalue weighted by molar-refractivity contribution is 5.71. The highest BCUT2D eigenvalue weighted by Gasteiger charge is 2.19. The SMILES string of the molecule is CC/C=C\C/C=C\C/C=C\C/C=C\C/C=C\C/C=C\C/C=C\C/C=C\C/C=C\CCCC(=O)OCC(COC(=O)CCCCCCC)OC(=O)CCCCCCCCCCC/C=C\CCCCCCCC. The zero-order valence-corrected chi connectivity index (χ0v) is 45.9. The van der Waals surface area contributed by atoms with E-state index in [1.165, 1.54) is 89.9 Å². The van der Waals surface area contributed by atoms with E-state index in [9.17, 15) is 14.4 Å². The monoisotopic (exact) mass is 983 g/mol. The van der Waals surface area contributed by atoms with Gasteiger partial charge in [-0.1, -0.05) is 245 Å². The smallest absolute Gasteiger partial charge is 0.306 e. The van der Waals surface area contributed by atoms with Crippen LogP contribution >= 0.6 is 0 Å². The first-order chi connectivity index (χ1) is 35.0. The maximum atomic E-state index is 12.8. The van der Waals surface area contributed by atoms with E-state index in [1.807, 2.05) is 0 Å². The van der Waals surface area contributed by atoms with Gasteiger partial charge in [0.15, 0.2) is 6.10 Å². The molecule has 0 bridgehead atoms. The molecule has 0 saturated heterocycles. The number of hydrogen-bond acceptors (Lipinski definition) is 6. The maximum Gasteiger partial charge on any atom is 0.306 e. The fourth-order valence-corrected chi connectivity index (χ4v) is 7.61. The second-order valence-electron chi connectivity index (χ2n) is 18.8. The minimum absolute atomic E-state index is 0.0994. The van der Waals surface area contributed by atoms with Crippen molar-refractivity contribution in [2.75, 3.05) is 13.2 Å².